The number of benzene rings is 2. The van der Waals surface area contributed by atoms with Crippen LogP contribution >= 0.6 is 0 Å². The highest BCUT2D eigenvalue weighted by atomic mass is 16.5. The van der Waals surface area contributed by atoms with Crippen LogP contribution in [0.5, 0.6) is 11.5 Å². The van der Waals surface area contributed by atoms with Gasteiger partial charge in [0.1, 0.15) is 0 Å². The Hall–Kier alpha value is -3.28. The van der Waals surface area contributed by atoms with Gasteiger partial charge in [-0.15, -0.1) is 0 Å². The summed E-state index contributed by atoms with van der Waals surface area (Å²) in [7, 11) is 5.20. The Morgan fingerprint density at radius 1 is 1.18 bits per heavy atom. The molecule has 0 aliphatic rings. The lowest BCUT2D eigenvalue weighted by Gasteiger charge is -2.07. The first kappa shape index (κ1) is 19.5. The quantitative estimate of drug-likeness (QED) is 0.504. The Labute approximate surface area is 164 Å². The summed E-state index contributed by atoms with van der Waals surface area (Å²) in [5.41, 5.74) is 7.00. The molecule has 0 spiro atoms. The molecule has 28 heavy (non-hydrogen) atoms. The maximum atomic E-state index is 12.2. The van der Waals surface area contributed by atoms with Crippen LogP contribution in [0.4, 0.5) is 0 Å². The first-order valence-corrected chi connectivity index (χ1v) is 9.11. The summed E-state index contributed by atoms with van der Waals surface area (Å²) in [5, 5.41) is 5.24. The Kier molecular flexibility index (Phi) is 5.99. The van der Waals surface area contributed by atoms with Crippen molar-refractivity contribution in [1.29, 1.82) is 0 Å². The van der Waals surface area contributed by atoms with Gasteiger partial charge in [-0.25, -0.2) is 5.43 Å². The highest BCUT2D eigenvalue weighted by Crippen LogP contribution is 2.27. The van der Waals surface area contributed by atoms with E-state index in [9.17, 15) is 4.79 Å². The van der Waals surface area contributed by atoms with Crippen molar-refractivity contribution in [3.8, 4) is 11.5 Å². The third kappa shape index (κ3) is 4.17. The third-order valence-electron chi connectivity index (χ3n) is 4.72. The highest BCUT2D eigenvalue weighted by molar-refractivity contribution is 5.87. The van der Waals surface area contributed by atoms with E-state index in [1.165, 1.54) is 22.0 Å². The van der Waals surface area contributed by atoms with E-state index in [1.54, 1.807) is 32.6 Å². The van der Waals surface area contributed by atoms with Crippen LogP contribution in [0.2, 0.25) is 0 Å². The minimum Gasteiger partial charge on any atom is -0.493 e. The van der Waals surface area contributed by atoms with Crippen LogP contribution in [-0.2, 0) is 18.3 Å². The van der Waals surface area contributed by atoms with Crippen LogP contribution in [0.15, 0.2) is 47.7 Å². The van der Waals surface area contributed by atoms with E-state index in [-0.39, 0.29) is 5.91 Å². The maximum Gasteiger partial charge on any atom is 0.240 e. The van der Waals surface area contributed by atoms with Crippen molar-refractivity contribution in [2.45, 2.75) is 19.8 Å². The Balaban J connectivity index is 1.60. The van der Waals surface area contributed by atoms with Crippen molar-refractivity contribution < 1.29 is 14.3 Å². The number of hydrogen-bond acceptors (Lipinski definition) is 4. The van der Waals surface area contributed by atoms with E-state index >= 15 is 0 Å². The molecule has 0 aliphatic heterocycles. The zero-order chi connectivity index (χ0) is 20.1. The van der Waals surface area contributed by atoms with Gasteiger partial charge in [0.2, 0.25) is 5.91 Å². The monoisotopic (exact) mass is 379 g/mol. The first-order valence-electron chi connectivity index (χ1n) is 9.11. The maximum absolute atomic E-state index is 12.2. The second kappa shape index (κ2) is 8.61. The Morgan fingerprint density at radius 2 is 1.96 bits per heavy atom. The molecule has 0 fully saturated rings. The molecule has 3 aromatic rings. The zero-order valence-corrected chi connectivity index (χ0v) is 16.7. The van der Waals surface area contributed by atoms with Crippen molar-refractivity contribution in [1.82, 2.24) is 9.99 Å². The van der Waals surface area contributed by atoms with Crippen LogP contribution < -0.4 is 14.9 Å². The van der Waals surface area contributed by atoms with Crippen molar-refractivity contribution >= 4 is 23.0 Å². The molecule has 1 amide bonds. The summed E-state index contributed by atoms with van der Waals surface area (Å²) in [4.78, 5) is 12.2. The first-order chi connectivity index (χ1) is 13.5. The largest absolute Gasteiger partial charge is 0.493 e. The van der Waals surface area contributed by atoms with Gasteiger partial charge >= 0.3 is 0 Å². The molecule has 0 bridgehead atoms. The predicted molar refractivity (Wildman–Crippen MR) is 111 cm³/mol. The van der Waals surface area contributed by atoms with E-state index < -0.39 is 0 Å². The molecule has 1 heterocycles. The number of ether oxygens (including phenoxy) is 2. The fourth-order valence-electron chi connectivity index (χ4n) is 3.37. The summed E-state index contributed by atoms with van der Waals surface area (Å²) in [6.07, 6.45) is 4.72. The topological polar surface area (TPSA) is 64.8 Å². The number of hydrazone groups is 1. The number of amides is 1. The van der Waals surface area contributed by atoms with E-state index in [0.29, 0.717) is 24.3 Å². The molecule has 0 saturated carbocycles. The molecular weight excluding hydrogens is 354 g/mol. The van der Waals surface area contributed by atoms with Crippen molar-refractivity contribution in [3.05, 3.63) is 59.3 Å². The number of fused-ring (bicyclic) bond motifs is 1. The summed E-state index contributed by atoms with van der Waals surface area (Å²) >= 11 is 0. The van der Waals surface area contributed by atoms with Gasteiger partial charge in [0, 0.05) is 25.1 Å². The van der Waals surface area contributed by atoms with E-state index in [4.69, 9.17) is 9.47 Å². The molecule has 0 saturated heterocycles. The Morgan fingerprint density at radius 3 is 2.71 bits per heavy atom. The number of nitrogens with zero attached hydrogens (tertiary/aromatic N) is 2. The number of nitrogens with one attached hydrogen (secondary N) is 1. The van der Waals surface area contributed by atoms with Crippen LogP contribution in [0.3, 0.4) is 0 Å². The van der Waals surface area contributed by atoms with Gasteiger partial charge in [0.15, 0.2) is 11.5 Å². The third-order valence-corrected chi connectivity index (χ3v) is 4.72. The van der Waals surface area contributed by atoms with Gasteiger partial charge in [-0.05, 0) is 48.2 Å². The van der Waals surface area contributed by atoms with Crippen LogP contribution in [0, 0.1) is 6.92 Å². The zero-order valence-electron chi connectivity index (χ0n) is 16.7. The number of rotatable bonds is 7. The molecule has 6 nitrogen and oxygen atoms in total. The molecular formula is C22H25N3O3. The average molecular weight is 379 g/mol. The van der Waals surface area contributed by atoms with Crippen molar-refractivity contribution in [2.24, 2.45) is 12.1 Å². The summed E-state index contributed by atoms with van der Waals surface area (Å²) in [5.74, 6) is 1.14. The second-order valence-electron chi connectivity index (χ2n) is 6.64. The number of aromatic nitrogens is 1. The summed E-state index contributed by atoms with van der Waals surface area (Å²) in [6, 6.07) is 11.7. The predicted octanol–water partition coefficient (Wildman–Crippen LogP) is 3.59. The fourth-order valence-corrected chi connectivity index (χ4v) is 3.37. The molecule has 0 unspecified atom stereocenters. The van der Waals surface area contributed by atoms with Gasteiger partial charge in [-0.1, -0.05) is 18.2 Å². The lowest BCUT2D eigenvalue weighted by atomic mass is 10.1. The number of carbonyl (C=O) groups excluding carboxylic acids is 1. The number of aryl methyl sites for hydroxylation is 3. The fraction of sp³-hybridized carbons (Fsp3) is 0.273. The number of methoxy groups -OCH3 is 2. The number of para-hydroxylation sites is 1. The molecule has 146 valence electrons. The van der Waals surface area contributed by atoms with E-state index in [1.807, 2.05) is 13.1 Å². The molecule has 2 aromatic carbocycles. The van der Waals surface area contributed by atoms with Crippen molar-refractivity contribution in [3.63, 3.8) is 0 Å². The molecule has 1 aromatic heterocycles. The summed E-state index contributed by atoms with van der Waals surface area (Å²) < 4.78 is 12.6. The van der Waals surface area contributed by atoms with Crippen LogP contribution in [0.1, 0.15) is 23.1 Å². The van der Waals surface area contributed by atoms with Crippen LogP contribution in [-0.4, -0.2) is 30.9 Å². The minimum atomic E-state index is -0.124. The van der Waals surface area contributed by atoms with Gasteiger partial charge in [0.05, 0.1) is 26.0 Å². The molecule has 0 atom stereocenters. The van der Waals surface area contributed by atoms with Gasteiger partial charge < -0.3 is 14.0 Å². The molecule has 6 heteroatoms. The second-order valence-corrected chi connectivity index (χ2v) is 6.64. The van der Waals surface area contributed by atoms with Gasteiger partial charge in [-0.3, -0.25) is 4.79 Å². The lowest BCUT2D eigenvalue weighted by molar-refractivity contribution is -0.121. The molecule has 3 rings (SSSR count). The van der Waals surface area contributed by atoms with E-state index in [2.05, 4.69) is 46.4 Å². The number of carbonyl (C=O) groups is 1. The standard InChI is InChI=1S/C22H25N3O3/c1-15-6-5-7-18-17(14-25(2)22(15)18)9-11-21(26)24-23-13-16-8-10-19(27-3)20(12-16)28-4/h5-8,10,12-14H,9,11H2,1-4H3,(H,24,26)/b23-13+. The smallest absolute Gasteiger partial charge is 0.240 e. The SMILES string of the molecule is COc1ccc(/C=N/NC(=O)CCc2cn(C)c3c(C)cccc23)cc1OC. The minimum absolute atomic E-state index is 0.124. The normalized spacial score (nSPS) is 11.1. The van der Waals surface area contributed by atoms with Gasteiger partial charge in [0.25, 0.3) is 0 Å². The Bertz CT molecular complexity index is 1020. The van der Waals surface area contributed by atoms with Gasteiger partial charge in [-0.2, -0.15) is 5.10 Å². The molecule has 1 N–H and O–H groups in total. The van der Waals surface area contributed by atoms with Crippen LogP contribution in [0.25, 0.3) is 10.9 Å². The highest BCUT2D eigenvalue weighted by Gasteiger charge is 2.10. The average Bonchev–Trinajstić information content (AvgIpc) is 3.03. The summed E-state index contributed by atoms with van der Waals surface area (Å²) in [6.45, 7) is 2.10. The lowest BCUT2D eigenvalue weighted by Crippen LogP contribution is -2.17. The number of hydrogen-bond donors (Lipinski definition) is 1. The van der Waals surface area contributed by atoms with Crippen molar-refractivity contribution in [2.75, 3.05) is 14.2 Å². The van der Waals surface area contributed by atoms with E-state index in [0.717, 1.165) is 5.56 Å². The molecule has 0 radical (unpaired) electrons. The molecule has 0 aliphatic carbocycles.